The highest BCUT2D eigenvalue weighted by molar-refractivity contribution is 7.09. The topological polar surface area (TPSA) is 71.5 Å². The van der Waals surface area contributed by atoms with Crippen molar-refractivity contribution in [1.29, 1.82) is 0 Å². The number of carbonyl (C=O) groups excluding carboxylic acids is 2. The van der Waals surface area contributed by atoms with Crippen LogP contribution in [-0.2, 0) is 27.4 Å². The second-order valence-electron chi connectivity index (χ2n) is 7.82. The largest absolute Gasteiger partial charge is 0.370 e. The lowest BCUT2D eigenvalue weighted by molar-refractivity contribution is -0.137. The van der Waals surface area contributed by atoms with Crippen LogP contribution < -0.4 is 5.32 Å². The summed E-state index contributed by atoms with van der Waals surface area (Å²) in [5, 5.41) is 5.97. The summed E-state index contributed by atoms with van der Waals surface area (Å²) in [6.45, 7) is 7.57. The molecule has 1 aromatic heterocycles. The van der Waals surface area contributed by atoms with Crippen LogP contribution in [0.3, 0.4) is 0 Å². The third kappa shape index (κ3) is 6.11. The average molecular weight is 416 g/mol. The molecule has 1 N–H and O–H groups in total. The fourth-order valence-corrected chi connectivity index (χ4v) is 4.06. The Bertz CT molecular complexity index is 822. The summed E-state index contributed by atoms with van der Waals surface area (Å²) in [6.07, 6.45) is 1.09. The molecule has 29 heavy (non-hydrogen) atoms. The summed E-state index contributed by atoms with van der Waals surface area (Å²) in [7, 11) is 0. The van der Waals surface area contributed by atoms with Gasteiger partial charge in [-0.15, -0.1) is 11.3 Å². The molecule has 2 heterocycles. The van der Waals surface area contributed by atoms with Gasteiger partial charge in [0.15, 0.2) is 0 Å². The van der Waals surface area contributed by atoms with Crippen molar-refractivity contribution in [2.24, 2.45) is 5.92 Å². The number of benzene rings is 1. The SMILES string of the molecule is Cc1nc(CO[C@@H]2CCN(C(=O)[C@@H](NC(=O)Cc3ccccc3)C(C)C)C2)cs1. The van der Waals surface area contributed by atoms with E-state index < -0.39 is 6.04 Å². The van der Waals surface area contributed by atoms with Crippen molar-refractivity contribution in [3.63, 3.8) is 0 Å². The zero-order chi connectivity index (χ0) is 20.8. The lowest BCUT2D eigenvalue weighted by Gasteiger charge is -2.27. The first-order chi connectivity index (χ1) is 13.9. The number of hydrogen-bond donors (Lipinski definition) is 1. The number of aryl methyl sites for hydroxylation is 1. The van der Waals surface area contributed by atoms with E-state index in [1.807, 2.05) is 61.4 Å². The molecule has 2 atom stereocenters. The van der Waals surface area contributed by atoms with E-state index in [0.29, 0.717) is 19.7 Å². The molecule has 0 bridgehead atoms. The maximum absolute atomic E-state index is 13.0. The number of likely N-dealkylation sites (tertiary alicyclic amines) is 1. The number of aromatic nitrogens is 1. The molecular formula is C22H29N3O3S. The average Bonchev–Trinajstić information content (AvgIpc) is 3.33. The van der Waals surface area contributed by atoms with Gasteiger partial charge >= 0.3 is 0 Å². The van der Waals surface area contributed by atoms with E-state index in [4.69, 9.17) is 4.74 Å². The molecule has 1 aliphatic rings. The van der Waals surface area contributed by atoms with Gasteiger partial charge in [0.05, 0.1) is 29.8 Å². The summed E-state index contributed by atoms with van der Waals surface area (Å²) in [4.78, 5) is 31.7. The van der Waals surface area contributed by atoms with Gasteiger partial charge in [-0.05, 0) is 24.8 Å². The van der Waals surface area contributed by atoms with Crippen LogP contribution in [0.2, 0.25) is 0 Å². The van der Waals surface area contributed by atoms with Crippen LogP contribution in [0.5, 0.6) is 0 Å². The lowest BCUT2D eigenvalue weighted by atomic mass is 10.0. The number of amides is 2. The number of carbonyl (C=O) groups is 2. The van der Waals surface area contributed by atoms with Gasteiger partial charge in [0.1, 0.15) is 6.04 Å². The summed E-state index contributed by atoms with van der Waals surface area (Å²) >= 11 is 1.61. The molecule has 3 rings (SSSR count). The number of rotatable bonds is 8. The van der Waals surface area contributed by atoms with Gasteiger partial charge in [-0.2, -0.15) is 0 Å². The minimum absolute atomic E-state index is 0.00814. The molecule has 0 unspecified atom stereocenters. The normalized spacial score (nSPS) is 17.5. The fourth-order valence-electron chi connectivity index (χ4n) is 3.46. The Labute approximate surface area is 176 Å². The highest BCUT2D eigenvalue weighted by atomic mass is 32.1. The van der Waals surface area contributed by atoms with Gasteiger partial charge in [-0.25, -0.2) is 4.98 Å². The van der Waals surface area contributed by atoms with E-state index in [2.05, 4.69) is 10.3 Å². The van der Waals surface area contributed by atoms with Crippen molar-refractivity contribution in [2.45, 2.75) is 52.4 Å². The highest BCUT2D eigenvalue weighted by Crippen LogP contribution is 2.18. The second-order valence-corrected chi connectivity index (χ2v) is 8.88. The maximum Gasteiger partial charge on any atom is 0.245 e. The molecule has 156 valence electrons. The molecular weight excluding hydrogens is 386 g/mol. The van der Waals surface area contributed by atoms with Crippen LogP contribution >= 0.6 is 11.3 Å². The third-order valence-corrected chi connectivity index (χ3v) is 5.87. The minimum Gasteiger partial charge on any atom is -0.370 e. The summed E-state index contributed by atoms with van der Waals surface area (Å²) in [5.41, 5.74) is 1.87. The standard InChI is InChI=1S/C22H29N3O3S/c1-15(2)21(24-20(26)11-17-7-5-4-6-8-17)22(27)25-10-9-19(12-25)28-13-18-14-29-16(3)23-18/h4-8,14-15,19,21H,9-13H2,1-3H3,(H,24,26)/t19-,21+/m1/s1. The molecule has 0 aliphatic carbocycles. The van der Waals surface area contributed by atoms with Crippen molar-refractivity contribution in [3.8, 4) is 0 Å². The molecule has 1 aromatic carbocycles. The number of ether oxygens (including phenoxy) is 1. The van der Waals surface area contributed by atoms with Crippen molar-refractivity contribution < 1.29 is 14.3 Å². The van der Waals surface area contributed by atoms with Crippen LogP contribution in [-0.4, -0.2) is 46.9 Å². The van der Waals surface area contributed by atoms with E-state index in [1.54, 1.807) is 11.3 Å². The van der Waals surface area contributed by atoms with E-state index in [1.165, 1.54) is 0 Å². The first-order valence-electron chi connectivity index (χ1n) is 10.1. The molecule has 7 heteroatoms. The van der Waals surface area contributed by atoms with Crippen LogP contribution in [0.1, 0.15) is 36.5 Å². The molecule has 2 amide bonds. The quantitative estimate of drug-likeness (QED) is 0.720. The van der Waals surface area contributed by atoms with Crippen LogP contribution in [0.4, 0.5) is 0 Å². The molecule has 1 saturated heterocycles. The van der Waals surface area contributed by atoms with Gasteiger partial charge in [-0.3, -0.25) is 9.59 Å². The first kappa shape index (κ1) is 21.5. The van der Waals surface area contributed by atoms with Crippen molar-refractivity contribution in [2.75, 3.05) is 13.1 Å². The predicted octanol–water partition coefficient (Wildman–Crippen LogP) is 2.95. The van der Waals surface area contributed by atoms with E-state index >= 15 is 0 Å². The van der Waals surface area contributed by atoms with Crippen molar-refractivity contribution in [1.82, 2.24) is 15.2 Å². The zero-order valence-corrected chi connectivity index (χ0v) is 18.1. The Morgan fingerprint density at radius 2 is 2.07 bits per heavy atom. The molecule has 6 nitrogen and oxygen atoms in total. The van der Waals surface area contributed by atoms with E-state index in [0.717, 1.165) is 22.7 Å². The summed E-state index contributed by atoms with van der Waals surface area (Å²) in [5.74, 6) is -0.147. The Morgan fingerprint density at radius 3 is 2.72 bits per heavy atom. The highest BCUT2D eigenvalue weighted by Gasteiger charge is 2.33. The molecule has 0 radical (unpaired) electrons. The molecule has 1 aliphatic heterocycles. The summed E-state index contributed by atoms with van der Waals surface area (Å²) in [6, 6.07) is 9.04. The third-order valence-electron chi connectivity index (χ3n) is 5.05. The van der Waals surface area contributed by atoms with Crippen molar-refractivity contribution >= 4 is 23.2 Å². The minimum atomic E-state index is -0.522. The van der Waals surface area contributed by atoms with Gasteiger partial charge < -0.3 is 15.0 Å². The lowest BCUT2D eigenvalue weighted by Crippen LogP contribution is -2.51. The van der Waals surface area contributed by atoms with Gasteiger partial charge in [0.2, 0.25) is 11.8 Å². The smallest absolute Gasteiger partial charge is 0.245 e. The maximum atomic E-state index is 13.0. The number of hydrogen-bond acceptors (Lipinski definition) is 5. The Balaban J connectivity index is 1.51. The molecule has 0 saturated carbocycles. The zero-order valence-electron chi connectivity index (χ0n) is 17.3. The molecule has 1 fully saturated rings. The number of nitrogens with zero attached hydrogens (tertiary/aromatic N) is 2. The van der Waals surface area contributed by atoms with Crippen LogP contribution in [0.15, 0.2) is 35.7 Å². The van der Waals surface area contributed by atoms with Gasteiger partial charge in [0.25, 0.3) is 0 Å². The number of thiazole rings is 1. The summed E-state index contributed by atoms with van der Waals surface area (Å²) < 4.78 is 5.95. The van der Waals surface area contributed by atoms with Crippen molar-refractivity contribution in [3.05, 3.63) is 52.0 Å². The van der Waals surface area contributed by atoms with Gasteiger partial charge in [0, 0.05) is 18.5 Å². The van der Waals surface area contributed by atoms with Crippen LogP contribution in [0.25, 0.3) is 0 Å². The Hall–Kier alpha value is -2.25. The van der Waals surface area contributed by atoms with Gasteiger partial charge in [-0.1, -0.05) is 44.2 Å². The number of nitrogens with one attached hydrogen (secondary N) is 1. The molecule has 0 spiro atoms. The predicted molar refractivity (Wildman–Crippen MR) is 114 cm³/mol. The van der Waals surface area contributed by atoms with E-state index in [-0.39, 0.29) is 30.3 Å². The second kappa shape index (κ2) is 9.98. The monoisotopic (exact) mass is 415 g/mol. The fraction of sp³-hybridized carbons (Fsp3) is 0.500. The Morgan fingerprint density at radius 1 is 1.31 bits per heavy atom. The molecule has 2 aromatic rings. The first-order valence-corrected chi connectivity index (χ1v) is 10.9. The van der Waals surface area contributed by atoms with E-state index in [9.17, 15) is 9.59 Å². The Kier molecular flexibility index (Phi) is 7.39. The van der Waals surface area contributed by atoms with Crippen LogP contribution in [0, 0.1) is 12.8 Å².